The average Bonchev–Trinajstić information content (AvgIpc) is 2.93. The van der Waals surface area contributed by atoms with E-state index in [0.717, 1.165) is 34.0 Å². The Morgan fingerprint density at radius 3 is 2.64 bits per heavy atom. The van der Waals surface area contributed by atoms with E-state index in [9.17, 15) is 5.11 Å². The lowest BCUT2D eigenvalue weighted by atomic mass is 10.2. The predicted molar refractivity (Wildman–Crippen MR) is 108 cm³/mol. The van der Waals surface area contributed by atoms with E-state index in [2.05, 4.69) is 38.2 Å². The van der Waals surface area contributed by atoms with Crippen LogP contribution in [-0.2, 0) is 5.75 Å². The molecule has 0 aliphatic carbocycles. The number of nitrogens with one attached hydrogen (secondary N) is 1. The van der Waals surface area contributed by atoms with E-state index in [4.69, 9.17) is 9.97 Å². The van der Waals surface area contributed by atoms with Crippen LogP contribution in [0.3, 0.4) is 0 Å². The Hall–Kier alpha value is -1.63. The van der Waals surface area contributed by atoms with E-state index in [1.807, 2.05) is 18.2 Å². The molecule has 0 aliphatic heterocycles. The molecule has 0 aliphatic rings. The lowest BCUT2D eigenvalue weighted by molar-refractivity contribution is 0.271. The smallest absolute Gasteiger partial charge is 0.142 e. The molecule has 0 unspecified atom stereocenters. The summed E-state index contributed by atoms with van der Waals surface area (Å²) in [6.07, 6.45) is 0.845. The van der Waals surface area contributed by atoms with Gasteiger partial charge in [-0.05, 0) is 38.0 Å². The van der Waals surface area contributed by atoms with Crippen molar-refractivity contribution in [3.63, 3.8) is 0 Å². The predicted octanol–water partition coefficient (Wildman–Crippen LogP) is 4.78. The minimum Gasteiger partial charge on any atom is -0.394 e. The van der Waals surface area contributed by atoms with Crippen molar-refractivity contribution in [2.24, 2.45) is 0 Å². The molecular formula is C19H23N3OS2. The summed E-state index contributed by atoms with van der Waals surface area (Å²) in [6.45, 7) is 6.39. The summed E-state index contributed by atoms with van der Waals surface area (Å²) < 4.78 is 0. The number of fused-ring (bicyclic) bond motifs is 1. The van der Waals surface area contributed by atoms with E-state index in [1.165, 1.54) is 15.3 Å². The topological polar surface area (TPSA) is 58.0 Å². The highest BCUT2D eigenvalue weighted by molar-refractivity contribution is 7.98. The molecule has 6 heteroatoms. The van der Waals surface area contributed by atoms with Crippen LogP contribution in [0.15, 0.2) is 35.2 Å². The molecule has 0 fully saturated rings. The Morgan fingerprint density at radius 2 is 1.96 bits per heavy atom. The zero-order valence-corrected chi connectivity index (χ0v) is 16.4. The standard InChI is InChI=1S/C19H23N3OS2/c1-4-14(10-23)20-18-17-12(2)13(3)25-19(17)22-16(21-18)11-24-15-8-6-5-7-9-15/h5-9,14,23H,4,10-11H2,1-3H3,(H,20,21,22)/t14-/m0/s1. The number of hydrogen-bond donors (Lipinski definition) is 2. The van der Waals surface area contributed by atoms with Gasteiger partial charge in [0.15, 0.2) is 0 Å². The van der Waals surface area contributed by atoms with Gasteiger partial charge in [-0.2, -0.15) is 0 Å². The van der Waals surface area contributed by atoms with E-state index in [0.29, 0.717) is 0 Å². The number of aliphatic hydroxyl groups excluding tert-OH is 1. The van der Waals surface area contributed by atoms with Crippen molar-refractivity contribution in [2.45, 2.75) is 43.9 Å². The monoisotopic (exact) mass is 373 g/mol. The van der Waals surface area contributed by atoms with Crippen LogP contribution >= 0.6 is 23.1 Å². The fourth-order valence-electron chi connectivity index (χ4n) is 2.60. The quantitative estimate of drug-likeness (QED) is 0.584. The van der Waals surface area contributed by atoms with Crippen LogP contribution in [-0.4, -0.2) is 27.7 Å². The van der Waals surface area contributed by atoms with Gasteiger partial charge in [-0.15, -0.1) is 23.1 Å². The maximum absolute atomic E-state index is 9.55. The molecule has 2 N–H and O–H groups in total. The molecule has 0 saturated heterocycles. The number of rotatable bonds is 7. The summed E-state index contributed by atoms with van der Waals surface area (Å²) in [4.78, 5) is 13.0. The molecule has 4 nitrogen and oxygen atoms in total. The number of thioether (sulfide) groups is 1. The first-order chi connectivity index (χ1) is 12.1. The van der Waals surface area contributed by atoms with Crippen molar-refractivity contribution in [1.82, 2.24) is 9.97 Å². The highest BCUT2D eigenvalue weighted by Gasteiger charge is 2.16. The van der Waals surface area contributed by atoms with Crippen LogP contribution < -0.4 is 5.32 Å². The number of aromatic nitrogens is 2. The summed E-state index contributed by atoms with van der Waals surface area (Å²) in [5.41, 5.74) is 1.22. The van der Waals surface area contributed by atoms with Gasteiger partial charge < -0.3 is 10.4 Å². The Bertz CT molecular complexity index is 845. The summed E-state index contributed by atoms with van der Waals surface area (Å²) >= 11 is 3.44. The first-order valence-corrected chi connectivity index (χ1v) is 10.2. The number of hydrogen-bond acceptors (Lipinski definition) is 6. The van der Waals surface area contributed by atoms with Gasteiger partial charge in [0.2, 0.25) is 0 Å². The molecule has 0 amide bonds. The maximum Gasteiger partial charge on any atom is 0.142 e. The zero-order chi connectivity index (χ0) is 17.8. The van der Waals surface area contributed by atoms with Crippen molar-refractivity contribution in [3.8, 4) is 0 Å². The number of anilines is 1. The lowest BCUT2D eigenvalue weighted by Gasteiger charge is -2.16. The van der Waals surface area contributed by atoms with Gasteiger partial charge >= 0.3 is 0 Å². The zero-order valence-electron chi connectivity index (χ0n) is 14.7. The minimum absolute atomic E-state index is 0.00679. The second kappa shape index (κ2) is 8.17. The summed E-state index contributed by atoms with van der Waals surface area (Å²) in [5.74, 6) is 2.38. The van der Waals surface area contributed by atoms with Crippen molar-refractivity contribution in [2.75, 3.05) is 11.9 Å². The van der Waals surface area contributed by atoms with E-state index in [1.54, 1.807) is 23.1 Å². The van der Waals surface area contributed by atoms with Crippen molar-refractivity contribution in [1.29, 1.82) is 0 Å². The Kier molecular flexibility index (Phi) is 5.93. The Labute approximate surface area is 156 Å². The molecule has 0 saturated carbocycles. The van der Waals surface area contributed by atoms with Gasteiger partial charge in [-0.3, -0.25) is 0 Å². The Morgan fingerprint density at radius 1 is 1.20 bits per heavy atom. The minimum atomic E-state index is 0.00679. The molecule has 3 rings (SSSR count). The molecule has 1 aromatic carbocycles. The lowest BCUT2D eigenvalue weighted by Crippen LogP contribution is -2.23. The third-order valence-corrected chi connectivity index (χ3v) is 6.35. The van der Waals surface area contributed by atoms with Gasteiger partial charge in [0, 0.05) is 9.77 Å². The summed E-state index contributed by atoms with van der Waals surface area (Å²) in [5, 5.41) is 14.0. The van der Waals surface area contributed by atoms with E-state index < -0.39 is 0 Å². The third kappa shape index (κ3) is 4.14. The second-order valence-corrected chi connectivity index (χ2v) is 8.24. The third-order valence-electron chi connectivity index (χ3n) is 4.24. The number of aryl methyl sites for hydroxylation is 2. The Balaban J connectivity index is 1.93. The molecule has 1 atom stereocenters. The van der Waals surface area contributed by atoms with Crippen molar-refractivity contribution < 1.29 is 5.11 Å². The number of nitrogens with zero attached hydrogens (tertiary/aromatic N) is 2. The second-order valence-electron chi connectivity index (χ2n) is 5.99. The van der Waals surface area contributed by atoms with Gasteiger partial charge in [-0.1, -0.05) is 25.1 Å². The first-order valence-electron chi connectivity index (χ1n) is 8.44. The normalized spacial score (nSPS) is 12.5. The van der Waals surface area contributed by atoms with Crippen LogP contribution in [0, 0.1) is 13.8 Å². The first kappa shape index (κ1) is 18.2. The van der Waals surface area contributed by atoms with Crippen LogP contribution in [0.1, 0.15) is 29.6 Å². The summed E-state index contributed by atoms with van der Waals surface area (Å²) in [7, 11) is 0. The molecule has 0 radical (unpaired) electrons. The van der Waals surface area contributed by atoms with Crippen LogP contribution in [0.2, 0.25) is 0 Å². The van der Waals surface area contributed by atoms with Crippen LogP contribution in [0.25, 0.3) is 10.2 Å². The van der Waals surface area contributed by atoms with E-state index >= 15 is 0 Å². The van der Waals surface area contributed by atoms with Gasteiger partial charge in [0.25, 0.3) is 0 Å². The molecule has 25 heavy (non-hydrogen) atoms. The molecule has 132 valence electrons. The molecule has 2 heterocycles. The average molecular weight is 374 g/mol. The summed E-state index contributed by atoms with van der Waals surface area (Å²) in [6, 6.07) is 10.3. The van der Waals surface area contributed by atoms with Crippen molar-refractivity contribution in [3.05, 3.63) is 46.6 Å². The highest BCUT2D eigenvalue weighted by atomic mass is 32.2. The number of benzene rings is 1. The van der Waals surface area contributed by atoms with Crippen molar-refractivity contribution >= 4 is 39.1 Å². The van der Waals surface area contributed by atoms with Crippen LogP contribution in [0.4, 0.5) is 5.82 Å². The molecule has 3 aromatic rings. The molecule has 0 spiro atoms. The molecule has 0 bridgehead atoms. The number of thiophene rings is 1. The number of aliphatic hydroxyl groups is 1. The molecule has 2 aromatic heterocycles. The largest absolute Gasteiger partial charge is 0.394 e. The van der Waals surface area contributed by atoms with Gasteiger partial charge in [-0.25, -0.2) is 9.97 Å². The fraction of sp³-hybridized carbons (Fsp3) is 0.368. The highest BCUT2D eigenvalue weighted by Crippen LogP contribution is 2.34. The van der Waals surface area contributed by atoms with Gasteiger partial charge in [0.1, 0.15) is 16.5 Å². The van der Waals surface area contributed by atoms with Gasteiger partial charge in [0.05, 0.1) is 23.8 Å². The SMILES string of the molecule is CC[C@@H](CO)Nc1nc(CSc2ccccc2)nc2sc(C)c(C)c12. The molecular weight excluding hydrogens is 350 g/mol. The van der Waals surface area contributed by atoms with Crippen LogP contribution in [0.5, 0.6) is 0 Å². The maximum atomic E-state index is 9.55. The van der Waals surface area contributed by atoms with E-state index in [-0.39, 0.29) is 12.6 Å². The fourth-order valence-corrected chi connectivity index (χ4v) is 4.42.